The topological polar surface area (TPSA) is 49.3 Å². The maximum Gasteiger partial charge on any atom is 0.224 e. The molecule has 2 N–H and O–H groups in total. The monoisotopic (exact) mass is 333 g/mol. The molecule has 0 bridgehead atoms. The van der Waals surface area contributed by atoms with Crippen molar-refractivity contribution >= 4 is 21.8 Å². The summed E-state index contributed by atoms with van der Waals surface area (Å²) in [6.07, 6.45) is 0.348. The third kappa shape index (κ3) is 4.18. The Kier molecular flexibility index (Phi) is 5.32. The van der Waals surface area contributed by atoms with Gasteiger partial charge in [-0.1, -0.05) is 52.3 Å². The van der Waals surface area contributed by atoms with Gasteiger partial charge in [-0.25, -0.2) is 0 Å². The second kappa shape index (κ2) is 7.22. The smallest absolute Gasteiger partial charge is 0.224 e. The van der Waals surface area contributed by atoms with E-state index in [4.69, 9.17) is 0 Å². The van der Waals surface area contributed by atoms with E-state index in [0.717, 1.165) is 21.2 Å². The maximum atomic E-state index is 11.9. The first-order chi connectivity index (χ1) is 9.69. The molecule has 2 rings (SSSR count). The number of hydrogen-bond donors (Lipinski definition) is 2. The zero-order valence-electron chi connectivity index (χ0n) is 11.0. The van der Waals surface area contributed by atoms with E-state index < -0.39 is 0 Å². The van der Waals surface area contributed by atoms with Crippen LogP contribution in [-0.2, 0) is 24.4 Å². The number of carbonyl (C=O) groups is 1. The van der Waals surface area contributed by atoms with Crippen LogP contribution in [0.1, 0.15) is 16.7 Å². The summed E-state index contributed by atoms with van der Waals surface area (Å²) in [4.78, 5) is 11.9. The van der Waals surface area contributed by atoms with Crippen molar-refractivity contribution < 1.29 is 9.90 Å². The average Bonchev–Trinajstić information content (AvgIpc) is 2.45. The fourth-order valence-corrected chi connectivity index (χ4v) is 2.42. The van der Waals surface area contributed by atoms with Gasteiger partial charge in [0.15, 0.2) is 0 Å². The van der Waals surface area contributed by atoms with Crippen molar-refractivity contribution in [2.75, 3.05) is 0 Å². The molecule has 0 heterocycles. The van der Waals surface area contributed by atoms with Crippen LogP contribution in [0.3, 0.4) is 0 Å². The van der Waals surface area contributed by atoms with E-state index in [1.165, 1.54) is 0 Å². The van der Waals surface area contributed by atoms with E-state index >= 15 is 0 Å². The molecule has 0 radical (unpaired) electrons. The van der Waals surface area contributed by atoms with Crippen LogP contribution in [0, 0.1) is 0 Å². The molecule has 0 fully saturated rings. The Balaban J connectivity index is 1.92. The SMILES string of the molecule is O=C(Cc1cccc(Br)c1)NCc1ccccc1CO. The van der Waals surface area contributed by atoms with Gasteiger partial charge in [-0.05, 0) is 28.8 Å². The number of aliphatic hydroxyl groups excluding tert-OH is 1. The molecule has 0 spiro atoms. The normalized spacial score (nSPS) is 10.3. The predicted molar refractivity (Wildman–Crippen MR) is 82.1 cm³/mol. The van der Waals surface area contributed by atoms with Gasteiger partial charge in [-0.15, -0.1) is 0 Å². The minimum absolute atomic E-state index is 0.0162. The molecule has 3 nitrogen and oxygen atoms in total. The van der Waals surface area contributed by atoms with Crippen molar-refractivity contribution in [2.24, 2.45) is 0 Å². The van der Waals surface area contributed by atoms with Gasteiger partial charge in [0.25, 0.3) is 0 Å². The number of rotatable bonds is 5. The molecule has 104 valence electrons. The molecule has 0 saturated heterocycles. The zero-order chi connectivity index (χ0) is 14.4. The van der Waals surface area contributed by atoms with Gasteiger partial charge in [-0.2, -0.15) is 0 Å². The van der Waals surface area contributed by atoms with Crippen LogP contribution in [0.5, 0.6) is 0 Å². The van der Waals surface area contributed by atoms with Crippen molar-refractivity contribution in [3.8, 4) is 0 Å². The average molecular weight is 334 g/mol. The molecular formula is C16H16BrNO2. The molecule has 2 aromatic carbocycles. The Morgan fingerprint density at radius 1 is 1.10 bits per heavy atom. The number of amides is 1. The van der Waals surface area contributed by atoms with E-state index in [2.05, 4.69) is 21.2 Å². The standard InChI is InChI=1S/C16H16BrNO2/c17-15-7-3-4-12(8-15)9-16(20)18-10-13-5-1-2-6-14(13)11-19/h1-8,19H,9-11H2,(H,18,20). The quantitative estimate of drug-likeness (QED) is 0.883. The minimum Gasteiger partial charge on any atom is -0.392 e. The molecular weight excluding hydrogens is 318 g/mol. The van der Waals surface area contributed by atoms with Crippen molar-refractivity contribution in [1.82, 2.24) is 5.32 Å². The summed E-state index contributed by atoms with van der Waals surface area (Å²) in [6.45, 7) is 0.418. The summed E-state index contributed by atoms with van der Waals surface area (Å²) in [6, 6.07) is 15.2. The molecule has 0 unspecified atom stereocenters. The Morgan fingerprint density at radius 2 is 1.85 bits per heavy atom. The summed E-state index contributed by atoms with van der Waals surface area (Å²) in [5.41, 5.74) is 2.75. The second-order valence-corrected chi connectivity index (χ2v) is 5.43. The van der Waals surface area contributed by atoms with Gasteiger partial charge >= 0.3 is 0 Å². The van der Waals surface area contributed by atoms with Crippen LogP contribution < -0.4 is 5.32 Å². The van der Waals surface area contributed by atoms with Crippen LogP contribution >= 0.6 is 15.9 Å². The lowest BCUT2D eigenvalue weighted by Crippen LogP contribution is -2.25. The Hall–Kier alpha value is -1.65. The number of aliphatic hydroxyl groups is 1. The maximum absolute atomic E-state index is 11.9. The molecule has 0 atom stereocenters. The van der Waals surface area contributed by atoms with Gasteiger partial charge in [0.05, 0.1) is 13.0 Å². The van der Waals surface area contributed by atoms with Gasteiger partial charge in [0, 0.05) is 11.0 Å². The van der Waals surface area contributed by atoms with Gasteiger partial charge in [0.2, 0.25) is 5.91 Å². The van der Waals surface area contributed by atoms with E-state index in [1.807, 2.05) is 48.5 Å². The van der Waals surface area contributed by atoms with Gasteiger partial charge in [0.1, 0.15) is 0 Å². The summed E-state index contributed by atoms with van der Waals surface area (Å²) >= 11 is 3.39. The summed E-state index contributed by atoms with van der Waals surface area (Å²) in [5.74, 6) is -0.0316. The lowest BCUT2D eigenvalue weighted by Gasteiger charge is -2.09. The second-order valence-electron chi connectivity index (χ2n) is 4.51. The van der Waals surface area contributed by atoms with Crippen molar-refractivity contribution in [1.29, 1.82) is 0 Å². The number of halogens is 1. The molecule has 4 heteroatoms. The summed E-state index contributed by atoms with van der Waals surface area (Å²) < 4.78 is 0.966. The van der Waals surface area contributed by atoms with E-state index in [1.54, 1.807) is 0 Å². The molecule has 0 aliphatic heterocycles. The largest absolute Gasteiger partial charge is 0.392 e. The Labute approximate surface area is 126 Å². The zero-order valence-corrected chi connectivity index (χ0v) is 12.6. The minimum atomic E-state index is -0.0316. The first-order valence-electron chi connectivity index (χ1n) is 6.38. The van der Waals surface area contributed by atoms with Crippen molar-refractivity contribution in [3.63, 3.8) is 0 Å². The van der Waals surface area contributed by atoms with Crippen LogP contribution in [0.15, 0.2) is 53.0 Å². The van der Waals surface area contributed by atoms with Crippen LogP contribution in [0.25, 0.3) is 0 Å². The van der Waals surface area contributed by atoms with E-state index in [-0.39, 0.29) is 12.5 Å². The highest BCUT2D eigenvalue weighted by Crippen LogP contribution is 2.12. The highest BCUT2D eigenvalue weighted by Gasteiger charge is 2.05. The number of nitrogens with one attached hydrogen (secondary N) is 1. The summed E-state index contributed by atoms with van der Waals surface area (Å²) in [5, 5.41) is 12.1. The molecule has 20 heavy (non-hydrogen) atoms. The fraction of sp³-hybridized carbons (Fsp3) is 0.188. The lowest BCUT2D eigenvalue weighted by molar-refractivity contribution is -0.120. The highest BCUT2D eigenvalue weighted by atomic mass is 79.9. The van der Waals surface area contributed by atoms with E-state index in [0.29, 0.717) is 13.0 Å². The molecule has 2 aromatic rings. The third-order valence-corrected chi connectivity index (χ3v) is 3.51. The van der Waals surface area contributed by atoms with Crippen LogP contribution in [0.4, 0.5) is 0 Å². The third-order valence-electron chi connectivity index (χ3n) is 3.02. The summed E-state index contributed by atoms with van der Waals surface area (Å²) in [7, 11) is 0. The molecule has 0 saturated carbocycles. The molecule has 1 amide bonds. The van der Waals surface area contributed by atoms with Gasteiger partial charge in [-0.3, -0.25) is 4.79 Å². The fourth-order valence-electron chi connectivity index (χ4n) is 1.97. The van der Waals surface area contributed by atoms with Crippen LogP contribution in [-0.4, -0.2) is 11.0 Å². The molecule has 0 aromatic heterocycles. The number of carbonyl (C=O) groups excluding carboxylic acids is 1. The molecule has 0 aliphatic rings. The lowest BCUT2D eigenvalue weighted by atomic mass is 10.1. The van der Waals surface area contributed by atoms with Crippen LogP contribution in [0.2, 0.25) is 0 Å². The number of hydrogen-bond acceptors (Lipinski definition) is 2. The number of benzene rings is 2. The van der Waals surface area contributed by atoms with Gasteiger partial charge < -0.3 is 10.4 Å². The predicted octanol–water partition coefficient (Wildman–Crippen LogP) is 2.80. The highest BCUT2D eigenvalue weighted by molar-refractivity contribution is 9.10. The Morgan fingerprint density at radius 3 is 2.55 bits per heavy atom. The van der Waals surface area contributed by atoms with Crippen molar-refractivity contribution in [3.05, 3.63) is 69.7 Å². The first kappa shape index (κ1) is 14.8. The first-order valence-corrected chi connectivity index (χ1v) is 7.17. The Bertz CT molecular complexity index is 599. The molecule has 0 aliphatic carbocycles. The van der Waals surface area contributed by atoms with E-state index in [9.17, 15) is 9.90 Å². The van der Waals surface area contributed by atoms with Crippen molar-refractivity contribution in [2.45, 2.75) is 19.6 Å².